The van der Waals surface area contributed by atoms with Crippen LogP contribution in [-0.2, 0) is 0 Å². The maximum absolute atomic E-state index is 12.5. The Morgan fingerprint density at radius 2 is 1.69 bits per heavy atom. The van der Waals surface area contributed by atoms with Gasteiger partial charge in [-0.05, 0) is 12.1 Å². The highest BCUT2D eigenvalue weighted by Crippen LogP contribution is 2.13. The Morgan fingerprint density at radius 1 is 1.23 bits per heavy atom. The maximum atomic E-state index is 12.5. The highest BCUT2D eigenvalue weighted by Gasteiger charge is 2.14. The highest BCUT2D eigenvalue weighted by molar-refractivity contribution is 5.93. The van der Waals surface area contributed by atoms with Gasteiger partial charge in [0.15, 0.2) is 17.5 Å². The van der Waals surface area contributed by atoms with Crippen molar-refractivity contribution < 1.29 is 23.2 Å². The topological polar surface area (TPSA) is 49.3 Å². The monoisotopic (exact) mass is 191 g/mol. The average Bonchev–Trinajstić information content (AvgIpc) is 2.12. The number of hydrogen-bond donors (Lipinski definition) is 2. The summed E-state index contributed by atoms with van der Waals surface area (Å²) < 4.78 is 37.3. The van der Waals surface area contributed by atoms with Gasteiger partial charge in [0.2, 0.25) is 0 Å². The Bertz CT molecular complexity index is 331. The molecule has 70 valence electrons. The molecule has 1 amide bonds. The number of hydrogen-bond acceptors (Lipinski definition) is 2. The van der Waals surface area contributed by atoms with Crippen LogP contribution < -0.4 is 5.48 Å². The van der Waals surface area contributed by atoms with Crippen molar-refractivity contribution in [2.45, 2.75) is 0 Å². The lowest BCUT2D eigenvalue weighted by atomic mass is 10.2. The number of amides is 1. The van der Waals surface area contributed by atoms with Crippen molar-refractivity contribution in [2.24, 2.45) is 0 Å². The van der Waals surface area contributed by atoms with E-state index >= 15 is 0 Å². The van der Waals surface area contributed by atoms with Crippen molar-refractivity contribution in [3.63, 3.8) is 0 Å². The van der Waals surface area contributed by atoms with Gasteiger partial charge < -0.3 is 0 Å². The number of carbonyl (C=O) groups is 1. The van der Waals surface area contributed by atoms with Crippen LogP contribution in [-0.4, -0.2) is 11.1 Å². The van der Waals surface area contributed by atoms with Crippen LogP contribution in [0, 0.1) is 17.5 Å². The standard InChI is InChI=1S/C7H4F3NO2/c8-4-1-3(7(12)11-13)2-5(9)6(4)10/h1-2,13H,(H,11,12). The maximum Gasteiger partial charge on any atom is 0.274 e. The van der Waals surface area contributed by atoms with Crippen LogP contribution >= 0.6 is 0 Å². The second-order valence-electron chi connectivity index (χ2n) is 2.19. The second kappa shape index (κ2) is 3.44. The number of carbonyl (C=O) groups excluding carboxylic acids is 1. The smallest absolute Gasteiger partial charge is 0.274 e. The summed E-state index contributed by atoms with van der Waals surface area (Å²) in [5.74, 6) is -5.75. The molecule has 0 aliphatic heterocycles. The summed E-state index contributed by atoms with van der Waals surface area (Å²) in [6.45, 7) is 0. The number of benzene rings is 1. The zero-order chi connectivity index (χ0) is 10.0. The van der Waals surface area contributed by atoms with E-state index in [2.05, 4.69) is 0 Å². The molecule has 0 aliphatic rings. The predicted octanol–water partition coefficient (Wildman–Crippen LogP) is 1.22. The van der Waals surface area contributed by atoms with E-state index in [9.17, 15) is 18.0 Å². The molecule has 0 heterocycles. The molecule has 0 spiro atoms. The van der Waals surface area contributed by atoms with Gasteiger partial charge in [0, 0.05) is 5.56 Å². The van der Waals surface area contributed by atoms with Gasteiger partial charge in [-0.25, -0.2) is 18.7 Å². The van der Waals surface area contributed by atoms with Crippen molar-refractivity contribution in [3.8, 4) is 0 Å². The molecule has 6 heteroatoms. The Hall–Kier alpha value is -1.56. The molecule has 0 saturated heterocycles. The van der Waals surface area contributed by atoms with E-state index in [1.807, 2.05) is 0 Å². The fourth-order valence-corrected chi connectivity index (χ4v) is 0.751. The lowest BCUT2D eigenvalue weighted by molar-refractivity contribution is 0.0705. The summed E-state index contributed by atoms with van der Waals surface area (Å²) in [6, 6.07) is 0.952. The molecule has 0 fully saturated rings. The fraction of sp³-hybridized carbons (Fsp3) is 0. The molecule has 3 nitrogen and oxygen atoms in total. The molecule has 0 unspecified atom stereocenters. The lowest BCUT2D eigenvalue weighted by Crippen LogP contribution is -2.19. The van der Waals surface area contributed by atoms with Gasteiger partial charge >= 0.3 is 0 Å². The molecule has 0 saturated carbocycles. The molecule has 0 aliphatic carbocycles. The van der Waals surface area contributed by atoms with E-state index < -0.39 is 28.9 Å². The van der Waals surface area contributed by atoms with Crippen LogP contribution in [0.4, 0.5) is 13.2 Å². The molecule has 1 aromatic rings. The van der Waals surface area contributed by atoms with Gasteiger partial charge in [-0.2, -0.15) is 0 Å². The largest absolute Gasteiger partial charge is 0.288 e. The summed E-state index contributed by atoms with van der Waals surface area (Å²) in [7, 11) is 0. The minimum atomic E-state index is -1.66. The molecule has 0 radical (unpaired) electrons. The zero-order valence-electron chi connectivity index (χ0n) is 6.14. The minimum Gasteiger partial charge on any atom is -0.288 e. The summed E-state index contributed by atoms with van der Waals surface area (Å²) in [6.07, 6.45) is 0. The molecule has 13 heavy (non-hydrogen) atoms. The highest BCUT2D eigenvalue weighted by atomic mass is 19.2. The molecule has 0 atom stereocenters. The Kier molecular flexibility index (Phi) is 2.52. The third kappa shape index (κ3) is 1.78. The van der Waals surface area contributed by atoms with Gasteiger partial charge in [-0.1, -0.05) is 0 Å². The first kappa shape index (κ1) is 9.53. The first-order valence-electron chi connectivity index (χ1n) is 3.15. The number of rotatable bonds is 1. The third-order valence-corrected chi connectivity index (χ3v) is 1.35. The number of nitrogens with one attached hydrogen (secondary N) is 1. The summed E-state index contributed by atoms with van der Waals surface area (Å²) in [4.78, 5) is 10.6. The first-order valence-corrected chi connectivity index (χ1v) is 3.15. The van der Waals surface area contributed by atoms with E-state index in [1.54, 1.807) is 0 Å². The molecular formula is C7H4F3NO2. The van der Waals surface area contributed by atoms with Crippen molar-refractivity contribution in [1.82, 2.24) is 5.48 Å². The molecular weight excluding hydrogens is 187 g/mol. The van der Waals surface area contributed by atoms with Crippen molar-refractivity contribution in [1.29, 1.82) is 0 Å². The van der Waals surface area contributed by atoms with Crippen LogP contribution in [0.1, 0.15) is 10.4 Å². The minimum absolute atomic E-state index is 0.476. The predicted molar refractivity (Wildman–Crippen MR) is 35.6 cm³/mol. The van der Waals surface area contributed by atoms with E-state index in [0.717, 1.165) is 5.48 Å². The van der Waals surface area contributed by atoms with Crippen molar-refractivity contribution >= 4 is 5.91 Å². The van der Waals surface area contributed by atoms with Crippen LogP contribution in [0.15, 0.2) is 12.1 Å². The van der Waals surface area contributed by atoms with E-state index in [4.69, 9.17) is 5.21 Å². The number of halogens is 3. The Labute approximate surface area is 70.8 Å². The zero-order valence-corrected chi connectivity index (χ0v) is 6.14. The van der Waals surface area contributed by atoms with Gasteiger partial charge in [0.05, 0.1) is 0 Å². The van der Waals surface area contributed by atoms with E-state index in [1.165, 1.54) is 0 Å². The van der Waals surface area contributed by atoms with Gasteiger partial charge in [0.1, 0.15) is 0 Å². The Balaban J connectivity index is 3.20. The quantitative estimate of drug-likeness (QED) is 0.398. The van der Waals surface area contributed by atoms with Crippen LogP contribution in [0.3, 0.4) is 0 Å². The second-order valence-corrected chi connectivity index (χ2v) is 2.19. The number of hydroxylamine groups is 1. The van der Waals surface area contributed by atoms with Crippen LogP contribution in [0.5, 0.6) is 0 Å². The average molecular weight is 191 g/mol. The summed E-state index contributed by atoms with van der Waals surface area (Å²) in [5, 5.41) is 8.10. The summed E-state index contributed by atoms with van der Waals surface area (Å²) in [5.41, 5.74) is 0.659. The van der Waals surface area contributed by atoms with E-state index in [0.29, 0.717) is 12.1 Å². The van der Waals surface area contributed by atoms with Gasteiger partial charge in [-0.3, -0.25) is 10.0 Å². The van der Waals surface area contributed by atoms with Gasteiger partial charge in [0.25, 0.3) is 5.91 Å². The van der Waals surface area contributed by atoms with Gasteiger partial charge in [-0.15, -0.1) is 0 Å². The Morgan fingerprint density at radius 3 is 2.08 bits per heavy atom. The summed E-state index contributed by atoms with van der Waals surface area (Å²) >= 11 is 0. The molecule has 2 N–H and O–H groups in total. The molecule has 1 aromatic carbocycles. The molecule has 0 aromatic heterocycles. The SMILES string of the molecule is O=C(NO)c1cc(F)c(F)c(F)c1. The molecule has 1 rings (SSSR count). The fourth-order valence-electron chi connectivity index (χ4n) is 0.751. The van der Waals surface area contributed by atoms with E-state index in [-0.39, 0.29) is 0 Å². The molecule has 0 bridgehead atoms. The van der Waals surface area contributed by atoms with Crippen molar-refractivity contribution in [3.05, 3.63) is 35.1 Å². The van der Waals surface area contributed by atoms with Crippen molar-refractivity contribution in [2.75, 3.05) is 0 Å². The lowest BCUT2D eigenvalue weighted by Gasteiger charge is -2.00. The normalized spacial score (nSPS) is 9.85. The van der Waals surface area contributed by atoms with Crippen LogP contribution in [0.25, 0.3) is 0 Å². The van der Waals surface area contributed by atoms with Crippen LogP contribution in [0.2, 0.25) is 0 Å². The first-order chi connectivity index (χ1) is 6.06. The third-order valence-electron chi connectivity index (χ3n) is 1.35.